The number of hydrogen-bond donors (Lipinski definition) is 1. The molecule has 0 saturated heterocycles. The second-order valence-corrected chi connectivity index (χ2v) is 10.3. The van der Waals surface area contributed by atoms with Crippen molar-refractivity contribution in [3.63, 3.8) is 0 Å². The molecule has 7 nitrogen and oxygen atoms in total. The molecule has 35 heavy (non-hydrogen) atoms. The number of aromatic nitrogens is 3. The van der Waals surface area contributed by atoms with Gasteiger partial charge in [0.15, 0.2) is 5.82 Å². The van der Waals surface area contributed by atoms with Crippen LogP contribution in [-0.4, -0.2) is 34.4 Å². The molecule has 0 fully saturated rings. The lowest BCUT2D eigenvalue weighted by Crippen LogP contribution is -2.19. The Hall–Kier alpha value is -3.65. The highest BCUT2D eigenvalue weighted by molar-refractivity contribution is 7.13. The number of benzene rings is 2. The van der Waals surface area contributed by atoms with E-state index in [4.69, 9.17) is 9.47 Å². The van der Waals surface area contributed by atoms with E-state index in [1.165, 1.54) is 0 Å². The summed E-state index contributed by atoms with van der Waals surface area (Å²) in [5.74, 6) is 1.54. The molecule has 0 bridgehead atoms. The maximum absolute atomic E-state index is 12.3. The summed E-state index contributed by atoms with van der Waals surface area (Å²) in [5.41, 5.74) is 2.66. The van der Waals surface area contributed by atoms with Gasteiger partial charge < -0.3 is 14.8 Å². The lowest BCUT2D eigenvalue weighted by Gasteiger charge is -2.17. The molecule has 0 aliphatic rings. The number of rotatable bonds is 9. The number of carbonyl (C=O) groups excluding carboxylic acids is 1. The zero-order valence-electron chi connectivity index (χ0n) is 20.4. The summed E-state index contributed by atoms with van der Waals surface area (Å²) < 4.78 is 12.9. The van der Waals surface area contributed by atoms with E-state index in [1.807, 2.05) is 86.8 Å². The second-order valence-electron chi connectivity index (χ2n) is 9.39. The molecular formula is C27H30N4O3S. The van der Waals surface area contributed by atoms with E-state index in [2.05, 4.69) is 15.4 Å². The van der Waals surface area contributed by atoms with Crippen LogP contribution in [0.3, 0.4) is 0 Å². The van der Waals surface area contributed by atoms with Gasteiger partial charge >= 0.3 is 6.01 Å². The summed E-state index contributed by atoms with van der Waals surface area (Å²) in [6.07, 6.45) is 1.19. The van der Waals surface area contributed by atoms with E-state index in [0.29, 0.717) is 24.9 Å². The Morgan fingerprint density at radius 2 is 1.80 bits per heavy atom. The summed E-state index contributed by atoms with van der Waals surface area (Å²) in [5, 5.41) is 9.58. The average molecular weight is 491 g/mol. The van der Waals surface area contributed by atoms with Crippen molar-refractivity contribution in [3.8, 4) is 28.1 Å². The van der Waals surface area contributed by atoms with Crippen LogP contribution < -0.4 is 14.8 Å². The Kier molecular flexibility index (Phi) is 7.51. The van der Waals surface area contributed by atoms with Crippen LogP contribution >= 0.6 is 11.3 Å². The normalized spacial score (nSPS) is 11.3. The first-order chi connectivity index (χ1) is 16.8. The first-order valence-electron chi connectivity index (χ1n) is 11.5. The van der Waals surface area contributed by atoms with Crippen LogP contribution in [0.4, 0.5) is 5.69 Å². The molecule has 2 aromatic carbocycles. The molecule has 0 atom stereocenters. The van der Waals surface area contributed by atoms with E-state index >= 15 is 0 Å². The molecule has 0 unspecified atom stereocenters. The molecule has 1 N–H and O–H groups in total. The summed E-state index contributed by atoms with van der Waals surface area (Å²) in [7, 11) is 1.65. The smallest absolute Gasteiger partial charge is 0.336 e. The van der Waals surface area contributed by atoms with E-state index in [-0.39, 0.29) is 11.3 Å². The van der Waals surface area contributed by atoms with Crippen LogP contribution in [0.1, 0.15) is 32.8 Å². The van der Waals surface area contributed by atoms with Crippen LogP contribution in [0.15, 0.2) is 66.0 Å². The average Bonchev–Trinajstić information content (AvgIpc) is 3.49. The SMILES string of the molecule is COc1ccc(CCOc2nc(-c3cccs3)n(-c3ccc(NC(=O)CC(C)(C)C)cc3)n2)cc1. The Balaban J connectivity index is 1.48. The van der Waals surface area contributed by atoms with Gasteiger partial charge in [-0.3, -0.25) is 4.79 Å². The maximum Gasteiger partial charge on any atom is 0.336 e. The molecule has 8 heteroatoms. The van der Waals surface area contributed by atoms with Gasteiger partial charge in [0, 0.05) is 18.5 Å². The third kappa shape index (κ3) is 6.70. The van der Waals surface area contributed by atoms with E-state index in [0.717, 1.165) is 34.0 Å². The number of anilines is 1. The number of methoxy groups -OCH3 is 1. The van der Waals surface area contributed by atoms with Crippen molar-refractivity contribution in [1.82, 2.24) is 14.8 Å². The van der Waals surface area contributed by atoms with Gasteiger partial charge in [-0.1, -0.05) is 39.0 Å². The maximum atomic E-state index is 12.3. The van der Waals surface area contributed by atoms with Crippen LogP contribution in [-0.2, 0) is 11.2 Å². The number of carbonyl (C=O) groups is 1. The molecule has 2 aromatic heterocycles. The van der Waals surface area contributed by atoms with Crippen molar-refractivity contribution in [2.45, 2.75) is 33.6 Å². The van der Waals surface area contributed by atoms with Gasteiger partial charge in [0.2, 0.25) is 5.91 Å². The minimum atomic E-state index is -0.0653. The molecule has 0 aliphatic carbocycles. The first-order valence-corrected chi connectivity index (χ1v) is 12.4. The van der Waals surface area contributed by atoms with E-state index in [9.17, 15) is 4.79 Å². The molecule has 0 spiro atoms. The number of hydrogen-bond acceptors (Lipinski definition) is 6. The third-order valence-corrected chi connectivity index (χ3v) is 6.06. The summed E-state index contributed by atoms with van der Waals surface area (Å²) in [4.78, 5) is 17.9. The van der Waals surface area contributed by atoms with E-state index < -0.39 is 0 Å². The number of nitrogens with zero attached hydrogens (tertiary/aromatic N) is 3. The highest BCUT2D eigenvalue weighted by Gasteiger charge is 2.17. The lowest BCUT2D eigenvalue weighted by atomic mass is 9.92. The molecule has 4 aromatic rings. The minimum Gasteiger partial charge on any atom is -0.497 e. The quantitative estimate of drug-likeness (QED) is 0.311. The molecule has 0 radical (unpaired) electrons. The topological polar surface area (TPSA) is 78.3 Å². The van der Waals surface area contributed by atoms with Crippen LogP contribution in [0.25, 0.3) is 16.4 Å². The molecule has 0 aliphatic heterocycles. The van der Waals surface area contributed by atoms with Gasteiger partial charge in [0.25, 0.3) is 0 Å². The monoisotopic (exact) mass is 490 g/mol. The fourth-order valence-electron chi connectivity index (χ4n) is 3.52. The fourth-order valence-corrected chi connectivity index (χ4v) is 4.22. The number of thiophene rings is 1. The Morgan fingerprint density at radius 1 is 1.06 bits per heavy atom. The van der Waals surface area contributed by atoms with Crippen molar-refractivity contribution in [2.75, 3.05) is 19.0 Å². The standard InChI is InChI=1S/C27H30N4O3S/c1-27(2,3)18-24(32)28-20-9-11-21(12-10-20)31-25(23-6-5-17-35-23)29-26(30-31)34-16-15-19-7-13-22(33-4)14-8-19/h5-14,17H,15-16,18H2,1-4H3,(H,28,32). The highest BCUT2D eigenvalue weighted by atomic mass is 32.1. The molecule has 4 rings (SSSR count). The number of amides is 1. The van der Waals surface area contributed by atoms with Crippen LogP contribution in [0.5, 0.6) is 11.8 Å². The second kappa shape index (κ2) is 10.7. The molecule has 2 heterocycles. The Labute approximate surface area is 209 Å². The summed E-state index contributed by atoms with van der Waals surface area (Å²) in [6.45, 7) is 6.59. The summed E-state index contributed by atoms with van der Waals surface area (Å²) in [6, 6.07) is 19.8. The summed E-state index contributed by atoms with van der Waals surface area (Å²) >= 11 is 1.59. The van der Waals surface area contributed by atoms with Crippen molar-refractivity contribution >= 4 is 22.9 Å². The molecule has 0 saturated carbocycles. The molecular weight excluding hydrogens is 460 g/mol. The molecule has 182 valence electrons. The number of ether oxygens (including phenoxy) is 2. The minimum absolute atomic E-state index is 0.00201. The van der Waals surface area contributed by atoms with Crippen molar-refractivity contribution in [1.29, 1.82) is 0 Å². The predicted octanol–water partition coefficient (Wildman–Crippen LogP) is 6.00. The van der Waals surface area contributed by atoms with Gasteiger partial charge in [-0.05, 0) is 58.8 Å². The lowest BCUT2D eigenvalue weighted by molar-refractivity contribution is -0.117. The highest BCUT2D eigenvalue weighted by Crippen LogP contribution is 2.28. The zero-order valence-corrected chi connectivity index (χ0v) is 21.3. The van der Waals surface area contributed by atoms with Gasteiger partial charge in [-0.25, -0.2) is 4.68 Å². The largest absolute Gasteiger partial charge is 0.497 e. The zero-order chi connectivity index (χ0) is 24.8. The van der Waals surface area contributed by atoms with E-state index in [1.54, 1.807) is 23.1 Å². The van der Waals surface area contributed by atoms with Gasteiger partial charge in [-0.2, -0.15) is 4.98 Å². The Morgan fingerprint density at radius 3 is 2.43 bits per heavy atom. The van der Waals surface area contributed by atoms with Crippen LogP contribution in [0, 0.1) is 5.41 Å². The van der Waals surface area contributed by atoms with Crippen molar-refractivity contribution < 1.29 is 14.3 Å². The first kappa shape index (κ1) is 24.5. The number of nitrogens with one attached hydrogen (secondary N) is 1. The third-order valence-electron chi connectivity index (χ3n) is 5.20. The fraction of sp³-hybridized carbons (Fsp3) is 0.296. The Bertz CT molecular complexity index is 1240. The van der Waals surface area contributed by atoms with Crippen molar-refractivity contribution in [3.05, 3.63) is 71.6 Å². The van der Waals surface area contributed by atoms with Gasteiger partial charge in [0.1, 0.15) is 5.75 Å². The van der Waals surface area contributed by atoms with Gasteiger partial charge in [0.05, 0.1) is 24.3 Å². The van der Waals surface area contributed by atoms with Crippen LogP contribution in [0.2, 0.25) is 0 Å². The van der Waals surface area contributed by atoms with Gasteiger partial charge in [-0.15, -0.1) is 16.4 Å². The predicted molar refractivity (Wildman–Crippen MR) is 140 cm³/mol. The molecule has 1 amide bonds. The van der Waals surface area contributed by atoms with Crippen molar-refractivity contribution in [2.24, 2.45) is 5.41 Å².